The van der Waals surface area contributed by atoms with Gasteiger partial charge in [0.25, 0.3) is 0 Å². The summed E-state index contributed by atoms with van der Waals surface area (Å²) in [4.78, 5) is 25.9. The average molecular weight is 491 g/mol. The summed E-state index contributed by atoms with van der Waals surface area (Å²) in [6, 6.07) is 0. The van der Waals surface area contributed by atoms with Crippen LogP contribution in [0, 0.1) is 22.7 Å². The topological polar surface area (TPSA) is 124 Å². The van der Waals surface area contributed by atoms with E-state index in [1.165, 1.54) is 13.0 Å². The van der Waals surface area contributed by atoms with Gasteiger partial charge in [0.05, 0.1) is 11.5 Å². The van der Waals surface area contributed by atoms with E-state index in [1.807, 2.05) is 26.8 Å². The van der Waals surface area contributed by atoms with Crippen LogP contribution in [-0.4, -0.2) is 61.2 Å². The summed E-state index contributed by atoms with van der Waals surface area (Å²) in [6.07, 6.45) is 4.01. The van der Waals surface area contributed by atoms with E-state index in [1.54, 1.807) is 6.92 Å². The first-order chi connectivity index (χ1) is 16.1. The summed E-state index contributed by atoms with van der Waals surface area (Å²) in [7, 11) is 0. The molecule has 0 saturated heterocycles. The number of carbonyl (C=O) groups is 2. The van der Waals surface area contributed by atoms with Gasteiger partial charge in [-0.1, -0.05) is 38.0 Å². The van der Waals surface area contributed by atoms with Crippen molar-refractivity contribution < 1.29 is 34.8 Å². The van der Waals surface area contributed by atoms with Gasteiger partial charge in [-0.2, -0.15) is 0 Å². The van der Waals surface area contributed by atoms with Crippen LogP contribution in [-0.2, 0) is 14.3 Å². The van der Waals surface area contributed by atoms with E-state index in [2.05, 4.69) is 6.92 Å². The highest BCUT2D eigenvalue weighted by molar-refractivity contribution is 5.87. The molecule has 3 fully saturated rings. The van der Waals surface area contributed by atoms with Gasteiger partial charge in [0.2, 0.25) is 0 Å². The van der Waals surface area contributed by atoms with Crippen LogP contribution in [0.1, 0.15) is 86.5 Å². The Bertz CT molecular complexity index is 984. The number of carbonyl (C=O) groups excluding carboxylic acids is 2. The van der Waals surface area contributed by atoms with Crippen molar-refractivity contribution in [2.75, 3.05) is 0 Å². The summed E-state index contributed by atoms with van der Waals surface area (Å²) in [5, 5.41) is 46.7. The molecule has 0 heterocycles. The van der Waals surface area contributed by atoms with Gasteiger partial charge >= 0.3 is 5.97 Å². The Balaban J connectivity index is 1.85. The first-order valence-corrected chi connectivity index (χ1v) is 13.0. The van der Waals surface area contributed by atoms with E-state index in [0.717, 1.165) is 11.1 Å². The van der Waals surface area contributed by atoms with Crippen LogP contribution < -0.4 is 0 Å². The fourth-order valence-electron chi connectivity index (χ4n) is 7.90. The molecule has 0 aromatic heterocycles. The molecule has 4 aliphatic carbocycles. The summed E-state index contributed by atoms with van der Waals surface area (Å²) >= 11 is 0. The molecule has 4 rings (SSSR count). The fourth-order valence-corrected chi connectivity index (χ4v) is 7.90. The molecule has 0 aromatic rings. The van der Waals surface area contributed by atoms with Gasteiger partial charge in [0, 0.05) is 12.0 Å². The minimum atomic E-state index is -1.95. The highest BCUT2D eigenvalue weighted by Gasteiger charge is 2.81. The molecule has 4 aliphatic rings. The fraction of sp³-hybridized carbons (Fsp3) is 0.786. The van der Waals surface area contributed by atoms with E-state index < -0.39 is 57.5 Å². The summed E-state index contributed by atoms with van der Waals surface area (Å²) < 4.78 is 6.01. The van der Waals surface area contributed by atoms with Gasteiger partial charge in [-0.05, 0) is 77.0 Å². The molecule has 0 bridgehead atoms. The van der Waals surface area contributed by atoms with Gasteiger partial charge in [-0.15, -0.1) is 0 Å². The quantitative estimate of drug-likeness (QED) is 0.271. The van der Waals surface area contributed by atoms with Crippen molar-refractivity contribution in [3.63, 3.8) is 0 Å². The van der Waals surface area contributed by atoms with Crippen molar-refractivity contribution in [2.24, 2.45) is 22.7 Å². The van der Waals surface area contributed by atoms with Crippen LogP contribution >= 0.6 is 0 Å². The number of aliphatic hydroxyl groups is 4. The minimum absolute atomic E-state index is 0.0172. The van der Waals surface area contributed by atoms with Crippen LogP contribution in [0.2, 0.25) is 0 Å². The number of ether oxygens (including phenoxy) is 1. The van der Waals surface area contributed by atoms with Crippen LogP contribution in [0.25, 0.3) is 0 Å². The molecule has 3 saturated carbocycles. The van der Waals surface area contributed by atoms with Crippen molar-refractivity contribution in [3.05, 3.63) is 23.3 Å². The SMILES string of the molecule is CC(=O)[C@]1(O)CC[C@@]2(O)[C@]1(C)[C@H](OC(=O)/C=C(\C)C(C)C)CC1C3(C)CC[C@H](O)CC3=CC[C@]12O. The number of rotatable bonds is 4. The minimum Gasteiger partial charge on any atom is -0.458 e. The molecule has 0 radical (unpaired) electrons. The highest BCUT2D eigenvalue weighted by Crippen LogP contribution is 2.70. The molecule has 4 N–H and O–H groups in total. The molecular weight excluding hydrogens is 448 g/mol. The lowest BCUT2D eigenvalue weighted by atomic mass is 9.42. The third kappa shape index (κ3) is 3.38. The third-order valence-corrected chi connectivity index (χ3v) is 10.7. The third-order valence-electron chi connectivity index (χ3n) is 10.7. The average Bonchev–Trinajstić information content (AvgIpc) is 3.00. The van der Waals surface area contributed by atoms with Gasteiger partial charge in [-0.25, -0.2) is 4.79 Å². The van der Waals surface area contributed by atoms with Crippen molar-refractivity contribution >= 4 is 11.8 Å². The van der Waals surface area contributed by atoms with Gasteiger partial charge < -0.3 is 25.2 Å². The van der Waals surface area contributed by atoms with E-state index >= 15 is 0 Å². The van der Waals surface area contributed by atoms with Gasteiger partial charge in [0.15, 0.2) is 5.78 Å². The Labute approximate surface area is 208 Å². The number of Topliss-reactive ketones (excluding diaryl/α,β-unsaturated/α-hetero) is 1. The second kappa shape index (κ2) is 8.23. The molecule has 7 nitrogen and oxygen atoms in total. The Kier molecular flexibility index (Phi) is 6.24. The maximum absolute atomic E-state index is 13.0. The second-order valence-electron chi connectivity index (χ2n) is 12.4. The Morgan fingerprint density at radius 1 is 1.11 bits per heavy atom. The predicted molar refractivity (Wildman–Crippen MR) is 130 cm³/mol. The van der Waals surface area contributed by atoms with Crippen LogP contribution in [0.3, 0.4) is 0 Å². The molecule has 0 amide bonds. The molecule has 2 unspecified atom stereocenters. The number of ketones is 1. The Morgan fingerprint density at radius 2 is 1.77 bits per heavy atom. The smallest absolute Gasteiger partial charge is 0.330 e. The number of aliphatic hydroxyl groups excluding tert-OH is 1. The first-order valence-electron chi connectivity index (χ1n) is 13.0. The number of hydrogen-bond donors (Lipinski definition) is 4. The van der Waals surface area contributed by atoms with Crippen LogP contribution in [0.4, 0.5) is 0 Å². The zero-order valence-electron chi connectivity index (χ0n) is 21.9. The molecular formula is C28H42O7. The number of esters is 1. The van der Waals surface area contributed by atoms with Crippen molar-refractivity contribution in [2.45, 2.75) is 115 Å². The number of fused-ring (bicyclic) bond motifs is 5. The van der Waals surface area contributed by atoms with Gasteiger partial charge in [-0.3, -0.25) is 4.79 Å². The lowest BCUT2D eigenvalue weighted by Gasteiger charge is -2.67. The normalized spacial score (nSPS) is 47.5. The van der Waals surface area contributed by atoms with Crippen molar-refractivity contribution in [1.29, 1.82) is 0 Å². The monoisotopic (exact) mass is 490 g/mol. The Hall–Kier alpha value is -1.54. The van der Waals surface area contributed by atoms with Gasteiger partial charge in [0.1, 0.15) is 22.9 Å². The molecule has 0 aliphatic heterocycles. The second-order valence-corrected chi connectivity index (χ2v) is 12.4. The predicted octanol–water partition coefficient (Wildman–Crippen LogP) is 2.98. The summed E-state index contributed by atoms with van der Waals surface area (Å²) in [5.41, 5.74) is -5.62. The van der Waals surface area contributed by atoms with Crippen molar-refractivity contribution in [1.82, 2.24) is 0 Å². The maximum atomic E-state index is 13.0. The van der Waals surface area contributed by atoms with E-state index in [4.69, 9.17) is 4.74 Å². The summed E-state index contributed by atoms with van der Waals surface area (Å²) in [6.45, 7) is 10.7. The lowest BCUT2D eigenvalue weighted by Crippen LogP contribution is -2.78. The Morgan fingerprint density at radius 3 is 2.37 bits per heavy atom. The highest BCUT2D eigenvalue weighted by atomic mass is 16.5. The molecule has 8 atom stereocenters. The van der Waals surface area contributed by atoms with E-state index in [9.17, 15) is 30.0 Å². The maximum Gasteiger partial charge on any atom is 0.330 e. The molecule has 0 aromatic carbocycles. The number of hydrogen-bond acceptors (Lipinski definition) is 7. The molecule has 0 spiro atoms. The zero-order valence-corrected chi connectivity index (χ0v) is 21.9. The van der Waals surface area contributed by atoms with Crippen LogP contribution in [0.15, 0.2) is 23.3 Å². The standard InChI is InChI=1S/C28H42O7/c1-16(2)17(3)13-23(31)35-22-15-21-24(5)9-8-20(30)14-19(24)7-10-27(21,33)28(34)12-11-26(32,18(4)29)25(22,28)6/h7,13,16,20-22,30,32-34H,8-12,14-15H2,1-6H3/b17-13+/t20-,21?,22+,24?,25+,26+,27-,28+/m0/s1. The summed E-state index contributed by atoms with van der Waals surface area (Å²) in [5.74, 6) is -1.41. The van der Waals surface area contributed by atoms with E-state index in [-0.39, 0.29) is 31.6 Å². The molecule has 196 valence electrons. The largest absolute Gasteiger partial charge is 0.458 e. The zero-order chi connectivity index (χ0) is 26.2. The van der Waals surface area contributed by atoms with E-state index in [0.29, 0.717) is 19.3 Å². The van der Waals surface area contributed by atoms with Crippen molar-refractivity contribution in [3.8, 4) is 0 Å². The first kappa shape index (κ1) is 26.5. The number of allylic oxidation sites excluding steroid dienone is 1. The molecule has 35 heavy (non-hydrogen) atoms. The lowest BCUT2D eigenvalue weighted by molar-refractivity contribution is -0.314. The van der Waals surface area contributed by atoms with Crippen LogP contribution in [0.5, 0.6) is 0 Å². The molecule has 7 heteroatoms.